The van der Waals surface area contributed by atoms with Crippen LogP contribution < -0.4 is 5.73 Å². The highest BCUT2D eigenvalue weighted by Crippen LogP contribution is 2.19. The Kier molecular flexibility index (Phi) is 3.12. The predicted molar refractivity (Wildman–Crippen MR) is 56.4 cm³/mol. The topological polar surface area (TPSA) is 63.3 Å². The molecule has 0 saturated heterocycles. The summed E-state index contributed by atoms with van der Waals surface area (Å²) in [5.74, 6) is -0.520. The van der Waals surface area contributed by atoms with Crippen LogP contribution in [0.4, 0.5) is 5.69 Å². The van der Waals surface area contributed by atoms with Gasteiger partial charge in [-0.05, 0) is 24.0 Å². The Bertz CT molecular complexity index is 345. The Morgan fingerprint density at radius 3 is 2.64 bits per heavy atom. The Balaban J connectivity index is 3.14. The highest BCUT2D eigenvalue weighted by molar-refractivity contribution is 5.95. The zero-order valence-electron chi connectivity index (χ0n) is 8.45. The van der Waals surface area contributed by atoms with Gasteiger partial charge >= 0.3 is 5.97 Å². The van der Waals surface area contributed by atoms with E-state index in [0.29, 0.717) is 11.6 Å². The standard InChI is InChI=1S/C11H15NO2/c1-7(2)6-8-4-3-5-9(12)10(8)11(13)14/h3-5,7H,6,12H2,1-2H3,(H,13,14). The molecular weight excluding hydrogens is 178 g/mol. The van der Waals surface area contributed by atoms with Crippen molar-refractivity contribution in [1.82, 2.24) is 0 Å². The number of hydrogen-bond acceptors (Lipinski definition) is 2. The molecule has 1 rings (SSSR count). The number of carbonyl (C=O) groups is 1. The maximum Gasteiger partial charge on any atom is 0.338 e. The van der Waals surface area contributed by atoms with Gasteiger partial charge in [0.1, 0.15) is 0 Å². The maximum absolute atomic E-state index is 10.9. The molecule has 1 aromatic rings. The minimum Gasteiger partial charge on any atom is -0.478 e. The van der Waals surface area contributed by atoms with E-state index in [-0.39, 0.29) is 5.56 Å². The molecule has 0 radical (unpaired) electrons. The predicted octanol–water partition coefficient (Wildman–Crippen LogP) is 2.17. The number of aromatic carboxylic acids is 1. The lowest BCUT2D eigenvalue weighted by atomic mass is 9.97. The van der Waals surface area contributed by atoms with Crippen LogP contribution in [0.5, 0.6) is 0 Å². The van der Waals surface area contributed by atoms with Crippen molar-refractivity contribution in [3.63, 3.8) is 0 Å². The Hall–Kier alpha value is -1.51. The monoisotopic (exact) mass is 193 g/mol. The van der Waals surface area contributed by atoms with Gasteiger partial charge in [0.25, 0.3) is 0 Å². The van der Waals surface area contributed by atoms with Crippen LogP contribution in [0.25, 0.3) is 0 Å². The number of nitrogens with two attached hydrogens (primary N) is 1. The average Bonchev–Trinajstić information content (AvgIpc) is 2.01. The van der Waals surface area contributed by atoms with Gasteiger partial charge in [0.2, 0.25) is 0 Å². The summed E-state index contributed by atoms with van der Waals surface area (Å²) in [6.07, 6.45) is 0.743. The number of anilines is 1. The highest BCUT2D eigenvalue weighted by atomic mass is 16.4. The van der Waals surface area contributed by atoms with Crippen molar-refractivity contribution in [1.29, 1.82) is 0 Å². The van der Waals surface area contributed by atoms with E-state index in [1.54, 1.807) is 12.1 Å². The molecule has 0 aliphatic rings. The first-order valence-electron chi connectivity index (χ1n) is 4.63. The lowest BCUT2D eigenvalue weighted by Gasteiger charge is -2.10. The van der Waals surface area contributed by atoms with Gasteiger partial charge in [-0.3, -0.25) is 0 Å². The van der Waals surface area contributed by atoms with E-state index in [1.165, 1.54) is 0 Å². The summed E-state index contributed by atoms with van der Waals surface area (Å²) in [7, 11) is 0. The molecule has 0 amide bonds. The van der Waals surface area contributed by atoms with E-state index >= 15 is 0 Å². The van der Waals surface area contributed by atoms with Crippen molar-refractivity contribution < 1.29 is 9.90 Å². The molecule has 0 heterocycles. The lowest BCUT2D eigenvalue weighted by molar-refractivity contribution is 0.0696. The number of benzene rings is 1. The number of rotatable bonds is 3. The van der Waals surface area contributed by atoms with Crippen LogP contribution in [0.15, 0.2) is 18.2 Å². The molecule has 3 N–H and O–H groups in total. The fourth-order valence-corrected chi connectivity index (χ4v) is 1.49. The van der Waals surface area contributed by atoms with Crippen LogP contribution in [0.1, 0.15) is 29.8 Å². The Labute approximate surface area is 83.6 Å². The Morgan fingerprint density at radius 1 is 1.50 bits per heavy atom. The molecule has 0 aliphatic heterocycles. The normalized spacial score (nSPS) is 10.5. The fourth-order valence-electron chi connectivity index (χ4n) is 1.49. The molecule has 3 nitrogen and oxygen atoms in total. The van der Waals surface area contributed by atoms with Gasteiger partial charge < -0.3 is 10.8 Å². The van der Waals surface area contributed by atoms with Crippen LogP contribution in [0.2, 0.25) is 0 Å². The summed E-state index contributed by atoms with van der Waals surface area (Å²) in [5.41, 5.74) is 7.02. The third-order valence-electron chi connectivity index (χ3n) is 2.03. The van der Waals surface area contributed by atoms with Crippen molar-refractivity contribution in [2.75, 3.05) is 5.73 Å². The first-order chi connectivity index (χ1) is 6.52. The third kappa shape index (κ3) is 2.25. The molecular formula is C11H15NO2. The highest BCUT2D eigenvalue weighted by Gasteiger charge is 2.13. The Morgan fingerprint density at radius 2 is 2.14 bits per heavy atom. The SMILES string of the molecule is CC(C)Cc1cccc(N)c1C(=O)O. The quantitative estimate of drug-likeness (QED) is 0.723. The minimum atomic E-state index is -0.946. The van der Waals surface area contributed by atoms with Crippen LogP contribution in [-0.4, -0.2) is 11.1 Å². The summed E-state index contributed by atoms with van der Waals surface area (Å²) in [5, 5.41) is 8.98. The van der Waals surface area contributed by atoms with Crippen LogP contribution >= 0.6 is 0 Å². The smallest absolute Gasteiger partial charge is 0.338 e. The van der Waals surface area contributed by atoms with Gasteiger partial charge in [0, 0.05) is 5.69 Å². The molecule has 3 heteroatoms. The fraction of sp³-hybridized carbons (Fsp3) is 0.364. The average molecular weight is 193 g/mol. The number of hydrogen-bond donors (Lipinski definition) is 2. The lowest BCUT2D eigenvalue weighted by Crippen LogP contribution is -2.08. The van der Waals surface area contributed by atoms with E-state index in [0.717, 1.165) is 12.0 Å². The van der Waals surface area contributed by atoms with Crippen molar-refractivity contribution in [3.8, 4) is 0 Å². The first kappa shape index (κ1) is 10.6. The summed E-state index contributed by atoms with van der Waals surface area (Å²) < 4.78 is 0. The summed E-state index contributed by atoms with van der Waals surface area (Å²) in [6, 6.07) is 5.23. The second-order valence-electron chi connectivity index (χ2n) is 3.78. The van der Waals surface area contributed by atoms with Gasteiger partial charge in [-0.15, -0.1) is 0 Å². The number of carboxylic acid groups (broad SMARTS) is 1. The van der Waals surface area contributed by atoms with E-state index in [4.69, 9.17) is 10.8 Å². The molecule has 0 fully saturated rings. The van der Waals surface area contributed by atoms with Crippen LogP contribution in [0, 0.1) is 5.92 Å². The molecule has 14 heavy (non-hydrogen) atoms. The second-order valence-corrected chi connectivity index (χ2v) is 3.78. The molecule has 0 bridgehead atoms. The van der Waals surface area contributed by atoms with E-state index in [9.17, 15) is 4.79 Å². The minimum absolute atomic E-state index is 0.251. The van der Waals surface area contributed by atoms with Gasteiger partial charge in [-0.1, -0.05) is 26.0 Å². The molecule has 0 atom stereocenters. The van der Waals surface area contributed by atoms with Crippen molar-refractivity contribution in [2.24, 2.45) is 5.92 Å². The molecule has 0 unspecified atom stereocenters. The molecule has 0 aliphatic carbocycles. The molecule has 0 aromatic heterocycles. The van der Waals surface area contributed by atoms with Crippen LogP contribution in [0.3, 0.4) is 0 Å². The first-order valence-corrected chi connectivity index (χ1v) is 4.63. The van der Waals surface area contributed by atoms with Crippen molar-refractivity contribution in [3.05, 3.63) is 29.3 Å². The molecule has 76 valence electrons. The zero-order chi connectivity index (χ0) is 10.7. The summed E-state index contributed by atoms with van der Waals surface area (Å²) in [4.78, 5) is 10.9. The van der Waals surface area contributed by atoms with Gasteiger partial charge in [-0.2, -0.15) is 0 Å². The van der Waals surface area contributed by atoms with Gasteiger partial charge in [0.15, 0.2) is 0 Å². The molecule has 1 aromatic carbocycles. The van der Waals surface area contributed by atoms with Crippen molar-refractivity contribution >= 4 is 11.7 Å². The van der Waals surface area contributed by atoms with E-state index in [1.807, 2.05) is 6.07 Å². The van der Waals surface area contributed by atoms with Gasteiger partial charge in [-0.25, -0.2) is 4.79 Å². The summed E-state index contributed by atoms with van der Waals surface area (Å²) >= 11 is 0. The van der Waals surface area contributed by atoms with Crippen molar-refractivity contribution in [2.45, 2.75) is 20.3 Å². The van der Waals surface area contributed by atoms with Gasteiger partial charge in [0.05, 0.1) is 5.56 Å². The molecule has 0 spiro atoms. The second kappa shape index (κ2) is 4.13. The number of carboxylic acids is 1. The third-order valence-corrected chi connectivity index (χ3v) is 2.03. The largest absolute Gasteiger partial charge is 0.478 e. The summed E-state index contributed by atoms with van der Waals surface area (Å²) in [6.45, 7) is 4.10. The number of nitrogen functional groups attached to an aromatic ring is 1. The molecule has 0 saturated carbocycles. The van der Waals surface area contributed by atoms with E-state index in [2.05, 4.69) is 13.8 Å². The maximum atomic E-state index is 10.9. The zero-order valence-corrected chi connectivity index (χ0v) is 8.45. The van der Waals surface area contributed by atoms with E-state index < -0.39 is 5.97 Å². The van der Waals surface area contributed by atoms with Crippen LogP contribution in [-0.2, 0) is 6.42 Å².